The van der Waals surface area contributed by atoms with Crippen LogP contribution in [0.2, 0.25) is 0 Å². The molecule has 1 saturated heterocycles. The molecule has 2 aliphatic heterocycles. The molecule has 1 spiro atoms. The van der Waals surface area contributed by atoms with Gasteiger partial charge < -0.3 is 19.0 Å². The first-order valence-corrected chi connectivity index (χ1v) is 11.1. The van der Waals surface area contributed by atoms with E-state index in [9.17, 15) is 4.39 Å². The fraction of sp³-hybridized carbons (Fsp3) is 0.565. The summed E-state index contributed by atoms with van der Waals surface area (Å²) < 4.78 is 25.9. The van der Waals surface area contributed by atoms with Crippen molar-refractivity contribution in [2.75, 3.05) is 26.7 Å². The smallest absolute Gasteiger partial charge is 0.222 e. The van der Waals surface area contributed by atoms with E-state index in [0.29, 0.717) is 48.8 Å². The topological polar surface area (TPSA) is 75.4 Å². The van der Waals surface area contributed by atoms with Crippen LogP contribution in [0.15, 0.2) is 33.9 Å². The molecule has 0 radical (unpaired) electrons. The second-order valence-electron chi connectivity index (χ2n) is 9.06. The lowest BCUT2D eigenvalue weighted by molar-refractivity contribution is -0.0875. The standard InChI is InChI=1S/C23H32FN5O3/c1-16(2)14-31-20-6-5-18(21(24)11-20)12-29(13-19-15-30-17(3)25-19)22-26-23(32-27-22)7-9-28(4)10-8-23/h5-6,11,15-16H,7-10,12-14H2,1-4H3,(H,26,27). The Bertz CT molecular complexity index is 953. The lowest BCUT2D eigenvalue weighted by Gasteiger charge is -2.33. The van der Waals surface area contributed by atoms with Crippen LogP contribution in [0.5, 0.6) is 5.75 Å². The van der Waals surface area contributed by atoms with Crippen LogP contribution < -0.4 is 10.2 Å². The minimum Gasteiger partial charge on any atom is -0.493 e. The molecule has 1 fully saturated rings. The van der Waals surface area contributed by atoms with E-state index >= 15 is 0 Å². The van der Waals surface area contributed by atoms with Crippen LogP contribution in [-0.2, 0) is 17.9 Å². The lowest BCUT2D eigenvalue weighted by atomic mass is 10.0. The fourth-order valence-corrected chi connectivity index (χ4v) is 3.79. The van der Waals surface area contributed by atoms with Gasteiger partial charge in [-0.15, -0.1) is 0 Å². The summed E-state index contributed by atoms with van der Waals surface area (Å²) in [4.78, 5) is 19.4. The van der Waals surface area contributed by atoms with Crippen LogP contribution in [0.25, 0.3) is 0 Å². The van der Waals surface area contributed by atoms with Crippen molar-refractivity contribution in [2.24, 2.45) is 10.9 Å². The number of halogens is 1. The Morgan fingerprint density at radius 2 is 2.06 bits per heavy atom. The van der Waals surface area contributed by atoms with Crippen molar-refractivity contribution in [3.63, 3.8) is 0 Å². The van der Waals surface area contributed by atoms with Crippen molar-refractivity contribution < 1.29 is 18.4 Å². The van der Waals surface area contributed by atoms with Gasteiger partial charge in [0.15, 0.2) is 11.6 Å². The van der Waals surface area contributed by atoms with Crippen LogP contribution in [0.3, 0.4) is 0 Å². The number of oxazole rings is 1. The number of nitrogens with zero attached hydrogens (tertiary/aromatic N) is 4. The molecule has 3 heterocycles. The van der Waals surface area contributed by atoms with Crippen molar-refractivity contribution in [3.05, 3.63) is 47.4 Å². The highest BCUT2D eigenvalue weighted by Crippen LogP contribution is 2.31. The number of aryl methyl sites for hydroxylation is 1. The number of piperidine rings is 1. The molecule has 1 aromatic carbocycles. The fourth-order valence-electron chi connectivity index (χ4n) is 3.79. The predicted molar refractivity (Wildman–Crippen MR) is 118 cm³/mol. The molecule has 9 heteroatoms. The number of guanidine groups is 1. The van der Waals surface area contributed by atoms with Gasteiger partial charge in [-0.1, -0.05) is 19.9 Å². The van der Waals surface area contributed by atoms with Gasteiger partial charge in [0.25, 0.3) is 0 Å². The zero-order valence-electron chi connectivity index (χ0n) is 19.2. The summed E-state index contributed by atoms with van der Waals surface area (Å²) in [5.74, 6) is 1.75. The number of hydroxylamine groups is 1. The molecule has 1 aromatic heterocycles. The highest BCUT2D eigenvalue weighted by molar-refractivity contribution is 5.80. The number of aromatic nitrogens is 1. The second kappa shape index (κ2) is 9.46. The number of hydrogen-bond acceptors (Lipinski definition) is 8. The van der Waals surface area contributed by atoms with E-state index in [1.807, 2.05) is 4.90 Å². The first-order valence-electron chi connectivity index (χ1n) is 11.1. The van der Waals surface area contributed by atoms with Gasteiger partial charge >= 0.3 is 0 Å². The largest absolute Gasteiger partial charge is 0.493 e. The summed E-state index contributed by atoms with van der Waals surface area (Å²) in [6.45, 7) is 8.99. The van der Waals surface area contributed by atoms with E-state index in [0.717, 1.165) is 31.6 Å². The van der Waals surface area contributed by atoms with Crippen molar-refractivity contribution in [2.45, 2.75) is 52.4 Å². The molecular formula is C23H32FN5O3. The Hall–Kier alpha value is -2.65. The average molecular weight is 446 g/mol. The van der Waals surface area contributed by atoms with Crippen LogP contribution in [0, 0.1) is 18.7 Å². The molecule has 32 heavy (non-hydrogen) atoms. The number of hydrogen-bond donors (Lipinski definition) is 1. The molecule has 174 valence electrons. The van der Waals surface area contributed by atoms with Gasteiger partial charge in [-0.3, -0.25) is 0 Å². The van der Waals surface area contributed by atoms with Gasteiger partial charge in [0.1, 0.15) is 17.8 Å². The molecule has 0 saturated carbocycles. The number of rotatable bonds is 7. The summed E-state index contributed by atoms with van der Waals surface area (Å²) in [5, 5.41) is 0. The summed E-state index contributed by atoms with van der Waals surface area (Å²) in [5.41, 5.74) is 3.70. The number of likely N-dealkylation sites (tertiary alicyclic amines) is 1. The maximum Gasteiger partial charge on any atom is 0.222 e. The molecule has 8 nitrogen and oxygen atoms in total. The molecule has 1 N–H and O–H groups in total. The zero-order chi connectivity index (χ0) is 22.7. The summed E-state index contributed by atoms with van der Waals surface area (Å²) in [6.07, 6.45) is 3.21. The highest BCUT2D eigenvalue weighted by atomic mass is 19.1. The minimum atomic E-state index is -0.576. The normalized spacial score (nSPS) is 18.1. The third-order valence-corrected chi connectivity index (χ3v) is 5.70. The summed E-state index contributed by atoms with van der Waals surface area (Å²) in [7, 11) is 2.09. The van der Waals surface area contributed by atoms with E-state index in [-0.39, 0.29) is 5.82 Å². The van der Waals surface area contributed by atoms with Crippen LogP contribution in [0.4, 0.5) is 4.39 Å². The maximum absolute atomic E-state index is 14.9. The Labute approximate surface area is 188 Å². The second-order valence-corrected chi connectivity index (χ2v) is 9.06. The van der Waals surface area contributed by atoms with Gasteiger partial charge in [-0.25, -0.2) is 24.7 Å². The summed E-state index contributed by atoms with van der Waals surface area (Å²) >= 11 is 0. The quantitative estimate of drug-likeness (QED) is 0.699. The third kappa shape index (κ3) is 5.39. The van der Waals surface area contributed by atoms with E-state index in [1.54, 1.807) is 25.3 Å². The van der Waals surface area contributed by atoms with Crippen LogP contribution in [0.1, 0.15) is 43.8 Å². The van der Waals surface area contributed by atoms with Crippen molar-refractivity contribution in [3.8, 4) is 5.75 Å². The molecule has 0 unspecified atom stereocenters. The van der Waals surface area contributed by atoms with Crippen molar-refractivity contribution in [1.29, 1.82) is 0 Å². The molecule has 2 aliphatic rings. The third-order valence-electron chi connectivity index (χ3n) is 5.70. The number of ether oxygens (including phenoxy) is 1. The summed E-state index contributed by atoms with van der Waals surface area (Å²) in [6, 6.07) is 5.00. The predicted octanol–water partition coefficient (Wildman–Crippen LogP) is 3.47. The first kappa shape index (κ1) is 22.5. The van der Waals surface area contributed by atoms with Gasteiger partial charge in [0, 0.05) is 51.0 Å². The van der Waals surface area contributed by atoms with E-state index in [2.05, 4.69) is 36.3 Å². The minimum absolute atomic E-state index is 0.299. The average Bonchev–Trinajstić information content (AvgIpc) is 3.36. The van der Waals surface area contributed by atoms with Crippen molar-refractivity contribution >= 4 is 5.96 Å². The Morgan fingerprint density at radius 3 is 2.72 bits per heavy atom. The van der Waals surface area contributed by atoms with E-state index < -0.39 is 5.72 Å². The lowest BCUT2D eigenvalue weighted by Crippen LogP contribution is -2.43. The molecular weight excluding hydrogens is 413 g/mol. The maximum atomic E-state index is 14.9. The monoisotopic (exact) mass is 445 g/mol. The Balaban J connectivity index is 1.54. The van der Waals surface area contributed by atoms with E-state index in [1.165, 1.54) is 6.07 Å². The van der Waals surface area contributed by atoms with Gasteiger partial charge in [-0.2, -0.15) is 0 Å². The highest BCUT2D eigenvalue weighted by Gasteiger charge is 2.41. The van der Waals surface area contributed by atoms with Crippen LogP contribution in [-0.4, -0.2) is 53.2 Å². The Morgan fingerprint density at radius 1 is 1.28 bits per heavy atom. The van der Waals surface area contributed by atoms with Gasteiger partial charge in [-0.05, 0) is 19.0 Å². The van der Waals surface area contributed by atoms with E-state index in [4.69, 9.17) is 19.0 Å². The molecule has 0 amide bonds. The molecule has 0 atom stereocenters. The number of benzene rings is 1. The molecule has 0 aliphatic carbocycles. The number of nitrogens with one attached hydrogen (secondary N) is 1. The first-order chi connectivity index (χ1) is 15.3. The molecule has 2 aromatic rings. The zero-order valence-corrected chi connectivity index (χ0v) is 19.2. The van der Waals surface area contributed by atoms with Gasteiger partial charge in [0.05, 0.1) is 18.8 Å². The molecule has 0 bridgehead atoms. The van der Waals surface area contributed by atoms with Crippen molar-refractivity contribution in [1.82, 2.24) is 20.3 Å². The van der Waals surface area contributed by atoms with Crippen LogP contribution >= 0.6 is 0 Å². The van der Waals surface area contributed by atoms with Gasteiger partial charge in [0.2, 0.25) is 5.96 Å². The Kier molecular flexibility index (Phi) is 6.66. The SMILES string of the molecule is Cc1nc(CN(Cc2ccc(OCC(C)C)cc2F)C2=NC3(CCN(C)CC3)ON2)co1. The molecule has 4 rings (SSSR count). The number of aliphatic imine (C=N–C) groups is 1.